The number of hydrogen-bond acceptors (Lipinski definition) is 4. The highest BCUT2D eigenvalue weighted by Crippen LogP contribution is 2.28. The van der Waals surface area contributed by atoms with Crippen LogP contribution in [0.15, 0.2) is 58.0 Å². The Morgan fingerprint density at radius 2 is 2.15 bits per heavy atom. The van der Waals surface area contributed by atoms with E-state index in [2.05, 4.69) is 39.6 Å². The van der Waals surface area contributed by atoms with E-state index in [1.54, 1.807) is 6.26 Å². The number of furan rings is 1. The Kier molecular flexibility index (Phi) is 9.93. The van der Waals surface area contributed by atoms with Gasteiger partial charge in [0.2, 0.25) is 0 Å². The lowest BCUT2D eigenvalue weighted by Crippen LogP contribution is -2.39. The van der Waals surface area contributed by atoms with Crippen LogP contribution in [0, 0.1) is 0 Å². The largest absolute Gasteiger partial charge is 0.469 e. The first-order valence-corrected chi connectivity index (χ1v) is 10.2. The molecule has 1 fully saturated rings. The van der Waals surface area contributed by atoms with Crippen molar-refractivity contribution in [3.05, 3.63) is 59.2 Å². The highest BCUT2D eigenvalue weighted by molar-refractivity contribution is 14.0. The van der Waals surface area contributed by atoms with Crippen molar-refractivity contribution in [3.63, 3.8) is 0 Å². The third kappa shape index (κ3) is 6.97. The van der Waals surface area contributed by atoms with Crippen LogP contribution in [-0.4, -0.2) is 43.6 Å². The van der Waals surface area contributed by atoms with Gasteiger partial charge in [0.1, 0.15) is 5.76 Å². The molecule has 1 unspecified atom stereocenters. The molecule has 0 aliphatic carbocycles. The lowest BCUT2D eigenvalue weighted by molar-refractivity contribution is 0.255. The van der Waals surface area contributed by atoms with E-state index < -0.39 is 0 Å². The van der Waals surface area contributed by atoms with Gasteiger partial charge in [-0.1, -0.05) is 12.1 Å². The number of guanidine groups is 1. The molecule has 1 aliphatic heterocycles. The van der Waals surface area contributed by atoms with Gasteiger partial charge >= 0.3 is 0 Å². The van der Waals surface area contributed by atoms with Crippen molar-refractivity contribution >= 4 is 41.3 Å². The Bertz CT molecular complexity index is 666. The number of aliphatic imine (C=N–C) groups is 1. The number of likely N-dealkylation sites (tertiary alicyclic amines) is 1. The van der Waals surface area contributed by atoms with Gasteiger partial charge in [0, 0.05) is 24.4 Å². The first-order chi connectivity index (χ1) is 12.9. The Labute approximate surface area is 183 Å². The molecule has 3 heterocycles. The lowest BCUT2D eigenvalue weighted by atomic mass is 10.2. The van der Waals surface area contributed by atoms with Crippen LogP contribution in [0.25, 0.3) is 0 Å². The summed E-state index contributed by atoms with van der Waals surface area (Å²) in [5.74, 6) is 1.81. The monoisotopic (exact) mass is 500 g/mol. The van der Waals surface area contributed by atoms with E-state index in [-0.39, 0.29) is 24.0 Å². The van der Waals surface area contributed by atoms with Crippen molar-refractivity contribution < 1.29 is 4.42 Å². The fourth-order valence-electron chi connectivity index (χ4n) is 3.20. The second kappa shape index (κ2) is 12.2. The van der Waals surface area contributed by atoms with Crippen LogP contribution in [0.4, 0.5) is 0 Å². The van der Waals surface area contributed by atoms with Gasteiger partial charge in [-0.05, 0) is 49.5 Å². The summed E-state index contributed by atoms with van der Waals surface area (Å²) in [7, 11) is 0. The predicted molar refractivity (Wildman–Crippen MR) is 124 cm³/mol. The molecule has 27 heavy (non-hydrogen) atoms. The zero-order valence-corrected chi connectivity index (χ0v) is 18.7. The van der Waals surface area contributed by atoms with Gasteiger partial charge in [-0.15, -0.1) is 41.9 Å². The SMILES string of the molecule is C=CCNC(=NCC(c1cccs1)N1CCCC1)NCCc1ccco1.I. The van der Waals surface area contributed by atoms with Crippen molar-refractivity contribution in [1.29, 1.82) is 0 Å². The fourth-order valence-corrected chi connectivity index (χ4v) is 4.05. The Hall–Kier alpha value is -1.32. The van der Waals surface area contributed by atoms with Crippen molar-refractivity contribution in [2.75, 3.05) is 32.7 Å². The molecule has 0 amide bonds. The van der Waals surface area contributed by atoms with Crippen LogP contribution in [0.3, 0.4) is 0 Å². The molecule has 0 bridgehead atoms. The van der Waals surface area contributed by atoms with E-state index in [1.807, 2.05) is 29.5 Å². The highest BCUT2D eigenvalue weighted by Gasteiger charge is 2.24. The molecule has 1 aliphatic rings. The molecular weight excluding hydrogens is 471 g/mol. The number of rotatable bonds is 9. The first kappa shape index (κ1) is 22.0. The number of nitrogens with one attached hydrogen (secondary N) is 2. The maximum Gasteiger partial charge on any atom is 0.191 e. The summed E-state index contributed by atoms with van der Waals surface area (Å²) in [5, 5.41) is 8.87. The summed E-state index contributed by atoms with van der Waals surface area (Å²) in [4.78, 5) is 8.82. The van der Waals surface area contributed by atoms with E-state index in [1.165, 1.54) is 30.8 Å². The van der Waals surface area contributed by atoms with Crippen LogP contribution in [0.5, 0.6) is 0 Å². The fraction of sp³-hybridized carbons (Fsp3) is 0.450. The minimum atomic E-state index is 0. The van der Waals surface area contributed by atoms with Crippen LogP contribution in [-0.2, 0) is 6.42 Å². The maximum absolute atomic E-state index is 5.39. The molecule has 3 rings (SSSR count). The van der Waals surface area contributed by atoms with Crippen molar-refractivity contribution in [1.82, 2.24) is 15.5 Å². The van der Waals surface area contributed by atoms with Crippen LogP contribution >= 0.6 is 35.3 Å². The lowest BCUT2D eigenvalue weighted by Gasteiger charge is -2.25. The van der Waals surface area contributed by atoms with Gasteiger partial charge in [-0.25, -0.2) is 0 Å². The number of thiophene rings is 1. The van der Waals surface area contributed by atoms with Gasteiger partial charge in [0.15, 0.2) is 5.96 Å². The Morgan fingerprint density at radius 3 is 2.81 bits per heavy atom. The topological polar surface area (TPSA) is 52.8 Å². The molecular formula is C20H29IN4OS. The second-order valence-corrected chi connectivity index (χ2v) is 7.37. The average Bonchev–Trinajstić information content (AvgIpc) is 3.42. The zero-order chi connectivity index (χ0) is 18.0. The van der Waals surface area contributed by atoms with Gasteiger partial charge in [0.25, 0.3) is 0 Å². The first-order valence-electron chi connectivity index (χ1n) is 9.29. The van der Waals surface area contributed by atoms with E-state index in [9.17, 15) is 0 Å². The molecule has 2 N–H and O–H groups in total. The second-order valence-electron chi connectivity index (χ2n) is 6.39. The van der Waals surface area contributed by atoms with Crippen LogP contribution < -0.4 is 10.6 Å². The van der Waals surface area contributed by atoms with Gasteiger partial charge in [-0.3, -0.25) is 9.89 Å². The highest BCUT2D eigenvalue weighted by atomic mass is 127. The van der Waals surface area contributed by atoms with E-state index in [0.717, 1.165) is 31.2 Å². The normalized spacial score (nSPS) is 15.9. The number of halogens is 1. The summed E-state index contributed by atoms with van der Waals surface area (Å²) in [6, 6.07) is 8.64. The Morgan fingerprint density at radius 1 is 1.30 bits per heavy atom. The third-order valence-electron chi connectivity index (χ3n) is 4.53. The van der Waals surface area contributed by atoms with Gasteiger partial charge in [-0.2, -0.15) is 0 Å². The molecule has 0 radical (unpaired) electrons. The molecule has 148 valence electrons. The van der Waals surface area contributed by atoms with Crippen molar-refractivity contribution in [3.8, 4) is 0 Å². The standard InChI is InChI=1S/C20H28N4OS.HI/c1-2-10-21-20(22-11-9-17-7-5-14-25-17)23-16-18(19-8-6-15-26-19)24-12-3-4-13-24;/h2,5-8,14-15,18H,1,3-4,9-13,16H2,(H2,21,22,23);1H. The van der Waals surface area contributed by atoms with Gasteiger partial charge in [0.05, 0.1) is 18.8 Å². The quantitative estimate of drug-likeness (QED) is 0.236. The third-order valence-corrected chi connectivity index (χ3v) is 5.51. The van der Waals surface area contributed by atoms with Gasteiger partial charge < -0.3 is 15.1 Å². The smallest absolute Gasteiger partial charge is 0.191 e. The minimum absolute atomic E-state index is 0. The Balaban J connectivity index is 0.00000261. The number of hydrogen-bond donors (Lipinski definition) is 2. The van der Waals surface area contributed by atoms with Crippen LogP contribution in [0.2, 0.25) is 0 Å². The van der Waals surface area contributed by atoms with E-state index in [0.29, 0.717) is 12.6 Å². The van der Waals surface area contributed by atoms with E-state index >= 15 is 0 Å². The molecule has 7 heteroatoms. The summed E-state index contributed by atoms with van der Waals surface area (Å²) in [5.41, 5.74) is 0. The minimum Gasteiger partial charge on any atom is -0.469 e. The molecule has 0 saturated carbocycles. The molecule has 0 aromatic carbocycles. The molecule has 1 saturated heterocycles. The number of nitrogens with zero attached hydrogens (tertiary/aromatic N) is 2. The molecule has 0 spiro atoms. The van der Waals surface area contributed by atoms with Crippen molar-refractivity contribution in [2.24, 2.45) is 4.99 Å². The average molecular weight is 500 g/mol. The zero-order valence-electron chi connectivity index (χ0n) is 15.6. The molecule has 2 aromatic heterocycles. The molecule has 5 nitrogen and oxygen atoms in total. The summed E-state index contributed by atoms with van der Waals surface area (Å²) >= 11 is 1.82. The van der Waals surface area contributed by atoms with Crippen LogP contribution in [0.1, 0.15) is 29.5 Å². The predicted octanol–water partition coefficient (Wildman–Crippen LogP) is 4.06. The van der Waals surface area contributed by atoms with E-state index in [4.69, 9.17) is 9.41 Å². The van der Waals surface area contributed by atoms with Crippen molar-refractivity contribution in [2.45, 2.75) is 25.3 Å². The molecule has 1 atom stereocenters. The summed E-state index contributed by atoms with van der Waals surface area (Å²) < 4.78 is 5.39. The summed E-state index contributed by atoms with van der Waals surface area (Å²) in [6.07, 6.45) is 6.97. The summed E-state index contributed by atoms with van der Waals surface area (Å²) in [6.45, 7) is 8.35. The maximum atomic E-state index is 5.39. The molecule has 2 aromatic rings.